The summed E-state index contributed by atoms with van der Waals surface area (Å²) in [5.74, 6) is 0.208. The third-order valence-electron chi connectivity index (χ3n) is 4.92. The van der Waals surface area contributed by atoms with Crippen LogP contribution in [0.1, 0.15) is 30.5 Å². The van der Waals surface area contributed by atoms with Gasteiger partial charge in [-0.1, -0.05) is 35.9 Å². The highest BCUT2D eigenvalue weighted by Gasteiger charge is 2.33. The number of hydrogen-bond donors (Lipinski definition) is 1. The lowest BCUT2D eigenvalue weighted by Crippen LogP contribution is -2.49. The molecular weight excluding hydrogens is 352 g/mol. The number of nitrogens with zero attached hydrogens (tertiary/aromatic N) is 1. The molecule has 1 aliphatic carbocycles. The Morgan fingerprint density at radius 1 is 1.27 bits per heavy atom. The number of rotatable bonds is 3. The molecule has 2 aromatic rings. The zero-order valence-electron chi connectivity index (χ0n) is 14.4. The second-order valence-corrected chi connectivity index (χ2v) is 7.03. The molecule has 0 aromatic heterocycles. The van der Waals surface area contributed by atoms with Crippen LogP contribution in [0.3, 0.4) is 0 Å². The molecule has 0 saturated carbocycles. The van der Waals surface area contributed by atoms with Crippen molar-refractivity contribution in [1.29, 1.82) is 0 Å². The quantitative estimate of drug-likeness (QED) is 0.902. The predicted octanol–water partition coefficient (Wildman–Crippen LogP) is 3.26. The predicted molar refractivity (Wildman–Crippen MR) is 99.5 cm³/mol. The monoisotopic (exact) mass is 370 g/mol. The van der Waals surface area contributed by atoms with Crippen LogP contribution in [0.5, 0.6) is 5.75 Å². The molecule has 2 atom stereocenters. The van der Waals surface area contributed by atoms with Crippen LogP contribution in [0.15, 0.2) is 42.5 Å². The minimum Gasteiger partial charge on any atom is -0.479 e. The maximum absolute atomic E-state index is 12.6. The van der Waals surface area contributed by atoms with Crippen molar-refractivity contribution in [2.75, 3.05) is 11.4 Å². The van der Waals surface area contributed by atoms with Crippen molar-refractivity contribution in [3.05, 3.63) is 58.6 Å². The van der Waals surface area contributed by atoms with Crippen molar-refractivity contribution in [2.45, 2.75) is 31.9 Å². The van der Waals surface area contributed by atoms with Gasteiger partial charge >= 0.3 is 0 Å². The lowest BCUT2D eigenvalue weighted by molar-refractivity contribution is -0.128. The fourth-order valence-corrected chi connectivity index (χ4v) is 3.94. The Morgan fingerprint density at radius 2 is 2.08 bits per heavy atom. The average molecular weight is 371 g/mol. The Labute approximate surface area is 156 Å². The molecule has 0 saturated heterocycles. The lowest BCUT2D eigenvalue weighted by Gasteiger charge is -2.32. The van der Waals surface area contributed by atoms with Gasteiger partial charge < -0.3 is 10.1 Å². The van der Waals surface area contributed by atoms with Gasteiger partial charge in [0.25, 0.3) is 5.91 Å². The highest BCUT2D eigenvalue weighted by atomic mass is 35.5. The zero-order chi connectivity index (χ0) is 18.3. The molecule has 6 heteroatoms. The van der Waals surface area contributed by atoms with E-state index in [1.807, 2.05) is 30.3 Å². The SMILES string of the molecule is CC1Oc2ccccc2N(CC(=O)NC2CCc3c(Cl)cccc32)C1=O. The van der Waals surface area contributed by atoms with Crippen LogP contribution in [-0.2, 0) is 16.0 Å². The van der Waals surface area contributed by atoms with E-state index in [0.29, 0.717) is 11.4 Å². The largest absolute Gasteiger partial charge is 0.479 e. The van der Waals surface area contributed by atoms with E-state index in [2.05, 4.69) is 5.32 Å². The molecular formula is C20H19ClN2O3. The number of anilines is 1. The van der Waals surface area contributed by atoms with Gasteiger partial charge in [0, 0.05) is 5.02 Å². The van der Waals surface area contributed by atoms with E-state index in [1.54, 1.807) is 19.1 Å². The summed E-state index contributed by atoms with van der Waals surface area (Å²) in [4.78, 5) is 26.6. The van der Waals surface area contributed by atoms with Crippen molar-refractivity contribution in [3.8, 4) is 5.75 Å². The fraction of sp³-hybridized carbons (Fsp3) is 0.300. The standard InChI is InChI=1S/C20H19ClN2O3/c1-12-20(25)23(17-7-2-3-8-18(17)26-12)11-19(24)22-16-10-9-13-14(16)5-4-6-15(13)21/h2-8,12,16H,9-11H2,1H3,(H,22,24). The third kappa shape index (κ3) is 2.92. The first kappa shape index (κ1) is 16.9. The maximum Gasteiger partial charge on any atom is 0.268 e. The van der Waals surface area contributed by atoms with Gasteiger partial charge in [-0.3, -0.25) is 14.5 Å². The molecule has 0 fully saturated rings. The van der Waals surface area contributed by atoms with Gasteiger partial charge in [0.1, 0.15) is 12.3 Å². The number of carbonyl (C=O) groups excluding carboxylic acids is 2. The molecule has 2 aromatic carbocycles. The molecule has 2 aliphatic rings. The molecule has 1 heterocycles. The summed E-state index contributed by atoms with van der Waals surface area (Å²) in [7, 11) is 0. The first-order valence-corrected chi connectivity index (χ1v) is 9.06. The fourth-order valence-electron chi connectivity index (χ4n) is 3.67. The number of ether oxygens (including phenoxy) is 1. The van der Waals surface area contributed by atoms with Gasteiger partial charge in [-0.05, 0) is 49.1 Å². The van der Waals surface area contributed by atoms with Crippen LogP contribution in [-0.4, -0.2) is 24.5 Å². The van der Waals surface area contributed by atoms with Crippen LogP contribution in [0, 0.1) is 0 Å². The topological polar surface area (TPSA) is 58.6 Å². The molecule has 1 N–H and O–H groups in total. The van der Waals surface area contributed by atoms with Crippen molar-refractivity contribution in [3.63, 3.8) is 0 Å². The Bertz CT molecular complexity index is 883. The van der Waals surface area contributed by atoms with Crippen LogP contribution in [0.2, 0.25) is 5.02 Å². The summed E-state index contributed by atoms with van der Waals surface area (Å²) < 4.78 is 5.61. The van der Waals surface area contributed by atoms with Crippen molar-refractivity contribution >= 4 is 29.1 Å². The van der Waals surface area contributed by atoms with Gasteiger partial charge in [-0.15, -0.1) is 0 Å². The van der Waals surface area contributed by atoms with Gasteiger partial charge in [0.05, 0.1) is 11.7 Å². The first-order chi connectivity index (χ1) is 12.5. The number of benzene rings is 2. The average Bonchev–Trinajstić information content (AvgIpc) is 3.03. The second-order valence-electron chi connectivity index (χ2n) is 6.62. The lowest BCUT2D eigenvalue weighted by atomic mass is 10.1. The number of halogens is 1. The number of fused-ring (bicyclic) bond motifs is 2. The summed E-state index contributed by atoms with van der Waals surface area (Å²) in [5.41, 5.74) is 2.79. The van der Waals surface area contributed by atoms with E-state index in [0.717, 1.165) is 29.0 Å². The molecule has 0 spiro atoms. The highest BCUT2D eigenvalue weighted by Crippen LogP contribution is 2.36. The third-order valence-corrected chi connectivity index (χ3v) is 5.28. The van der Waals surface area contributed by atoms with Crippen LogP contribution in [0.4, 0.5) is 5.69 Å². The summed E-state index contributed by atoms with van der Waals surface area (Å²) in [5, 5.41) is 3.78. The summed E-state index contributed by atoms with van der Waals surface area (Å²) in [6, 6.07) is 13.0. The number of carbonyl (C=O) groups is 2. The van der Waals surface area contributed by atoms with Crippen LogP contribution in [0.25, 0.3) is 0 Å². The van der Waals surface area contributed by atoms with Crippen LogP contribution >= 0.6 is 11.6 Å². The van der Waals surface area contributed by atoms with Crippen molar-refractivity contribution < 1.29 is 14.3 Å². The Kier molecular flexibility index (Phi) is 4.32. The van der Waals surface area contributed by atoms with Crippen molar-refractivity contribution in [2.24, 2.45) is 0 Å². The molecule has 2 unspecified atom stereocenters. The number of para-hydroxylation sites is 2. The first-order valence-electron chi connectivity index (χ1n) is 8.68. The minimum atomic E-state index is -0.608. The molecule has 134 valence electrons. The van der Waals surface area contributed by atoms with Gasteiger partial charge in [0.15, 0.2) is 6.10 Å². The minimum absolute atomic E-state index is 0.0318. The molecule has 1 aliphatic heterocycles. The van der Waals surface area contributed by atoms with E-state index in [-0.39, 0.29) is 24.4 Å². The molecule has 2 amide bonds. The molecule has 26 heavy (non-hydrogen) atoms. The van der Waals surface area contributed by atoms with Gasteiger partial charge in [0.2, 0.25) is 5.91 Å². The Hall–Kier alpha value is -2.53. The molecule has 0 radical (unpaired) electrons. The summed E-state index contributed by atoms with van der Waals surface area (Å²) in [6.07, 6.45) is 1.05. The van der Waals surface area contributed by atoms with Crippen LogP contribution < -0.4 is 15.0 Å². The van der Waals surface area contributed by atoms with E-state index >= 15 is 0 Å². The molecule has 5 nitrogen and oxygen atoms in total. The van der Waals surface area contributed by atoms with Gasteiger partial charge in [-0.2, -0.15) is 0 Å². The maximum atomic E-state index is 12.6. The van der Waals surface area contributed by atoms with Gasteiger partial charge in [-0.25, -0.2) is 0 Å². The van der Waals surface area contributed by atoms with E-state index in [4.69, 9.17) is 16.3 Å². The normalized spacial score (nSPS) is 21.0. The number of hydrogen-bond acceptors (Lipinski definition) is 3. The molecule has 0 bridgehead atoms. The Balaban J connectivity index is 1.51. The highest BCUT2D eigenvalue weighted by molar-refractivity contribution is 6.31. The van der Waals surface area contributed by atoms with E-state index in [9.17, 15) is 9.59 Å². The van der Waals surface area contributed by atoms with E-state index < -0.39 is 6.10 Å². The van der Waals surface area contributed by atoms with Crippen molar-refractivity contribution in [1.82, 2.24) is 5.32 Å². The summed E-state index contributed by atoms with van der Waals surface area (Å²) in [6.45, 7) is 1.66. The second kappa shape index (κ2) is 6.65. The number of nitrogens with one attached hydrogen (secondary N) is 1. The number of amides is 2. The summed E-state index contributed by atoms with van der Waals surface area (Å²) >= 11 is 6.24. The molecule has 4 rings (SSSR count). The van der Waals surface area contributed by atoms with E-state index in [1.165, 1.54) is 4.90 Å². The zero-order valence-corrected chi connectivity index (χ0v) is 15.1. The Morgan fingerprint density at radius 3 is 2.92 bits per heavy atom. The smallest absolute Gasteiger partial charge is 0.268 e.